The zero-order chi connectivity index (χ0) is 14.0. The molecule has 1 aliphatic carbocycles. The lowest BCUT2D eigenvalue weighted by molar-refractivity contribution is 0.0191. The Labute approximate surface area is 113 Å². The molecule has 18 heavy (non-hydrogen) atoms. The molecule has 1 heteroatoms. The number of rotatable bonds is 3. The average Bonchev–Trinajstić information content (AvgIpc) is 3.10. The maximum atomic E-state index is 5.57. The zero-order valence-electron chi connectivity index (χ0n) is 13.1. The van der Waals surface area contributed by atoms with Crippen LogP contribution in [0.2, 0.25) is 0 Å². The van der Waals surface area contributed by atoms with Crippen LogP contribution in [0.3, 0.4) is 0 Å². The predicted octanol–water partition coefficient (Wildman–Crippen LogP) is 4.95. The number of hydrogen-bond donors (Lipinski definition) is 0. The van der Waals surface area contributed by atoms with E-state index in [9.17, 15) is 0 Å². The van der Waals surface area contributed by atoms with Crippen molar-refractivity contribution < 1.29 is 4.74 Å². The Morgan fingerprint density at radius 3 is 2.11 bits per heavy atom. The van der Waals surface area contributed by atoms with Gasteiger partial charge in [-0.25, -0.2) is 0 Å². The van der Waals surface area contributed by atoms with Crippen molar-refractivity contribution in [2.75, 3.05) is 7.11 Å². The summed E-state index contributed by atoms with van der Waals surface area (Å²) in [4.78, 5) is 0. The van der Waals surface area contributed by atoms with Crippen molar-refractivity contribution in [3.63, 3.8) is 0 Å². The largest absolute Gasteiger partial charge is 0.374 e. The summed E-state index contributed by atoms with van der Waals surface area (Å²) in [5.74, 6) is 0. The molecule has 0 unspecified atom stereocenters. The van der Waals surface area contributed by atoms with Gasteiger partial charge in [-0.2, -0.15) is 0 Å². The van der Waals surface area contributed by atoms with Crippen molar-refractivity contribution in [2.24, 2.45) is 0 Å². The van der Waals surface area contributed by atoms with E-state index in [0.717, 1.165) is 0 Å². The lowest BCUT2D eigenvalue weighted by Crippen LogP contribution is -2.20. The van der Waals surface area contributed by atoms with Crippen molar-refractivity contribution >= 4 is 0 Å². The smallest absolute Gasteiger partial charge is 0.0871 e. The summed E-state index contributed by atoms with van der Waals surface area (Å²) in [7, 11) is 1.78. The standard InChI is InChI=1S/C15H22O.C2H6/c1-11-8-12(14(2,3)16-5)10-13(9-11)15(4)6-7-15;1-2/h8-10H,6-7H2,1-5H3;1-2H3. The Morgan fingerprint density at radius 1 is 1.11 bits per heavy atom. The van der Waals surface area contributed by atoms with Crippen LogP contribution in [0.1, 0.15) is 64.2 Å². The average molecular weight is 248 g/mol. The van der Waals surface area contributed by atoms with Crippen molar-refractivity contribution in [1.82, 2.24) is 0 Å². The van der Waals surface area contributed by atoms with Crippen LogP contribution in [0, 0.1) is 6.92 Å². The highest BCUT2D eigenvalue weighted by Crippen LogP contribution is 2.48. The quantitative estimate of drug-likeness (QED) is 0.735. The van der Waals surface area contributed by atoms with Crippen LogP contribution in [0.4, 0.5) is 0 Å². The molecule has 1 aromatic rings. The minimum absolute atomic E-state index is 0.188. The summed E-state index contributed by atoms with van der Waals surface area (Å²) in [6.45, 7) is 12.8. The van der Waals surface area contributed by atoms with Gasteiger partial charge in [0.1, 0.15) is 0 Å². The number of hydrogen-bond acceptors (Lipinski definition) is 1. The van der Waals surface area contributed by atoms with E-state index in [-0.39, 0.29) is 5.60 Å². The van der Waals surface area contributed by atoms with E-state index in [0.29, 0.717) is 5.41 Å². The maximum absolute atomic E-state index is 5.57. The van der Waals surface area contributed by atoms with Crippen LogP contribution in [0.5, 0.6) is 0 Å². The lowest BCUT2D eigenvalue weighted by Gasteiger charge is -2.25. The third kappa shape index (κ3) is 3.14. The molecule has 1 aromatic carbocycles. The van der Waals surface area contributed by atoms with E-state index >= 15 is 0 Å². The van der Waals surface area contributed by atoms with Gasteiger partial charge < -0.3 is 4.74 Å². The minimum Gasteiger partial charge on any atom is -0.374 e. The monoisotopic (exact) mass is 248 g/mol. The van der Waals surface area contributed by atoms with Gasteiger partial charge in [-0.3, -0.25) is 0 Å². The molecule has 0 amide bonds. The topological polar surface area (TPSA) is 9.23 Å². The van der Waals surface area contributed by atoms with Gasteiger partial charge in [0.15, 0.2) is 0 Å². The number of ether oxygens (including phenoxy) is 1. The molecule has 102 valence electrons. The van der Waals surface area contributed by atoms with E-state index in [1.165, 1.54) is 29.5 Å². The molecule has 1 saturated carbocycles. The number of benzene rings is 1. The molecule has 0 spiro atoms. The molecule has 1 aliphatic rings. The molecular formula is C17H28O. The van der Waals surface area contributed by atoms with Gasteiger partial charge in [0, 0.05) is 7.11 Å². The number of aryl methyl sites for hydroxylation is 1. The first-order chi connectivity index (χ1) is 8.37. The summed E-state index contributed by atoms with van der Waals surface area (Å²) < 4.78 is 5.57. The highest BCUT2D eigenvalue weighted by atomic mass is 16.5. The first-order valence-electron chi connectivity index (χ1n) is 7.05. The van der Waals surface area contributed by atoms with E-state index in [1.807, 2.05) is 13.8 Å². The molecule has 0 atom stereocenters. The molecule has 0 aliphatic heterocycles. The molecular weight excluding hydrogens is 220 g/mol. The first-order valence-corrected chi connectivity index (χ1v) is 7.05. The number of methoxy groups -OCH3 is 1. The predicted molar refractivity (Wildman–Crippen MR) is 79.1 cm³/mol. The molecule has 0 radical (unpaired) electrons. The zero-order valence-corrected chi connectivity index (χ0v) is 13.1. The van der Waals surface area contributed by atoms with Gasteiger partial charge in [-0.15, -0.1) is 0 Å². The molecule has 0 bridgehead atoms. The van der Waals surface area contributed by atoms with Gasteiger partial charge in [0.05, 0.1) is 5.60 Å². The second kappa shape index (κ2) is 5.44. The molecule has 1 nitrogen and oxygen atoms in total. The van der Waals surface area contributed by atoms with Crippen LogP contribution in [-0.4, -0.2) is 7.11 Å². The van der Waals surface area contributed by atoms with Crippen LogP contribution < -0.4 is 0 Å². The van der Waals surface area contributed by atoms with E-state index in [1.54, 1.807) is 7.11 Å². The SMILES string of the molecule is CC.COC(C)(C)c1cc(C)cc(C2(C)CC2)c1. The van der Waals surface area contributed by atoms with Crippen LogP contribution in [0.25, 0.3) is 0 Å². The van der Waals surface area contributed by atoms with Crippen molar-refractivity contribution in [1.29, 1.82) is 0 Å². The Balaban J connectivity index is 0.000000771. The Hall–Kier alpha value is -0.820. The van der Waals surface area contributed by atoms with Crippen molar-refractivity contribution in [2.45, 2.75) is 65.4 Å². The Morgan fingerprint density at radius 2 is 1.67 bits per heavy atom. The van der Waals surface area contributed by atoms with Gasteiger partial charge >= 0.3 is 0 Å². The minimum atomic E-state index is -0.188. The highest BCUT2D eigenvalue weighted by Gasteiger charge is 2.39. The Bertz CT molecular complexity index is 400. The highest BCUT2D eigenvalue weighted by molar-refractivity contribution is 5.39. The van der Waals surface area contributed by atoms with Gasteiger partial charge in [-0.1, -0.05) is 44.5 Å². The fraction of sp³-hybridized carbons (Fsp3) is 0.647. The third-order valence-corrected chi connectivity index (χ3v) is 3.98. The summed E-state index contributed by atoms with van der Waals surface area (Å²) in [5, 5.41) is 0. The molecule has 0 heterocycles. The van der Waals surface area contributed by atoms with E-state index in [2.05, 4.69) is 45.9 Å². The van der Waals surface area contributed by atoms with Crippen LogP contribution in [0.15, 0.2) is 18.2 Å². The van der Waals surface area contributed by atoms with Gasteiger partial charge in [0.25, 0.3) is 0 Å². The molecule has 0 saturated heterocycles. The Kier molecular flexibility index (Phi) is 4.61. The molecule has 0 aromatic heterocycles. The van der Waals surface area contributed by atoms with Crippen LogP contribution >= 0.6 is 0 Å². The first kappa shape index (κ1) is 15.2. The molecule has 2 rings (SSSR count). The lowest BCUT2D eigenvalue weighted by atomic mass is 9.89. The summed E-state index contributed by atoms with van der Waals surface area (Å²) >= 11 is 0. The summed E-state index contributed by atoms with van der Waals surface area (Å²) in [6, 6.07) is 6.88. The van der Waals surface area contributed by atoms with Crippen molar-refractivity contribution in [3.05, 3.63) is 34.9 Å². The summed E-state index contributed by atoms with van der Waals surface area (Å²) in [6.07, 6.45) is 2.65. The van der Waals surface area contributed by atoms with Gasteiger partial charge in [0.2, 0.25) is 0 Å². The second-order valence-corrected chi connectivity index (χ2v) is 5.86. The van der Waals surface area contributed by atoms with Gasteiger partial charge in [-0.05, 0) is 50.2 Å². The fourth-order valence-electron chi connectivity index (χ4n) is 2.07. The second-order valence-electron chi connectivity index (χ2n) is 5.86. The summed E-state index contributed by atoms with van der Waals surface area (Å²) in [5.41, 5.74) is 4.35. The van der Waals surface area contributed by atoms with Crippen molar-refractivity contribution in [3.8, 4) is 0 Å². The fourth-order valence-corrected chi connectivity index (χ4v) is 2.07. The maximum Gasteiger partial charge on any atom is 0.0871 e. The van der Waals surface area contributed by atoms with Crippen LogP contribution in [-0.2, 0) is 15.8 Å². The third-order valence-electron chi connectivity index (χ3n) is 3.98. The molecule has 0 N–H and O–H groups in total. The normalized spacial score (nSPS) is 16.8. The molecule has 1 fully saturated rings. The van der Waals surface area contributed by atoms with E-state index < -0.39 is 0 Å². The van der Waals surface area contributed by atoms with E-state index in [4.69, 9.17) is 4.74 Å².